The predicted molar refractivity (Wildman–Crippen MR) is 121 cm³/mol. The summed E-state index contributed by atoms with van der Waals surface area (Å²) in [5.41, 5.74) is 2.45. The Balaban J connectivity index is 1.50. The molecule has 164 valence electrons. The first-order chi connectivity index (χ1) is 14.9. The van der Waals surface area contributed by atoms with Crippen LogP contribution < -0.4 is 0 Å². The molecule has 1 aromatic heterocycles. The van der Waals surface area contributed by atoms with Gasteiger partial charge in [-0.1, -0.05) is 26.0 Å². The molecule has 0 spiro atoms. The normalized spacial score (nSPS) is 17.4. The van der Waals surface area contributed by atoms with Crippen molar-refractivity contribution in [2.75, 3.05) is 26.2 Å². The standard InChI is InChI=1S/C23H28N4O3S/c1-3-27(4-2)31(29,30)19-13-11-17(12-14-19)23(28)26-15-7-8-18(16-26)22-24-20-9-5-6-10-21(20)25-22/h5-6,9-14,18H,3-4,7-8,15-16H2,1-2H3,(H,24,25)/t18-/m0/s1. The number of fused-ring (bicyclic) bond motifs is 1. The Morgan fingerprint density at radius 1 is 1.13 bits per heavy atom. The third kappa shape index (κ3) is 4.22. The van der Waals surface area contributed by atoms with E-state index < -0.39 is 10.0 Å². The van der Waals surface area contributed by atoms with E-state index in [-0.39, 0.29) is 16.7 Å². The fraction of sp³-hybridized carbons (Fsp3) is 0.391. The summed E-state index contributed by atoms with van der Waals surface area (Å²) in [5.74, 6) is 0.999. The van der Waals surface area contributed by atoms with Gasteiger partial charge in [0.2, 0.25) is 10.0 Å². The quantitative estimate of drug-likeness (QED) is 0.634. The molecule has 8 heteroatoms. The molecule has 0 aliphatic carbocycles. The SMILES string of the molecule is CCN(CC)S(=O)(=O)c1ccc(C(=O)N2CCC[C@H](c3nc4ccccc4[nH]3)C2)cc1. The maximum Gasteiger partial charge on any atom is 0.253 e. The molecule has 0 unspecified atom stereocenters. The first kappa shape index (κ1) is 21.5. The number of carbonyl (C=O) groups is 1. The van der Waals surface area contributed by atoms with Gasteiger partial charge in [0.15, 0.2) is 0 Å². The number of amides is 1. The van der Waals surface area contributed by atoms with Crippen molar-refractivity contribution in [2.45, 2.75) is 37.5 Å². The highest BCUT2D eigenvalue weighted by atomic mass is 32.2. The Kier molecular flexibility index (Phi) is 6.11. The Bertz CT molecular complexity index is 1130. The summed E-state index contributed by atoms with van der Waals surface area (Å²) in [7, 11) is -3.53. The van der Waals surface area contributed by atoms with E-state index in [1.165, 1.54) is 16.4 Å². The summed E-state index contributed by atoms with van der Waals surface area (Å²) < 4.78 is 26.8. The molecule has 31 heavy (non-hydrogen) atoms. The highest BCUT2D eigenvalue weighted by Gasteiger charge is 2.28. The molecule has 0 bridgehead atoms. The number of aromatic nitrogens is 2. The molecule has 2 aromatic carbocycles. The second-order valence-electron chi connectivity index (χ2n) is 7.84. The zero-order valence-corrected chi connectivity index (χ0v) is 18.7. The van der Waals surface area contributed by atoms with E-state index in [0.29, 0.717) is 31.7 Å². The maximum absolute atomic E-state index is 13.1. The largest absolute Gasteiger partial charge is 0.342 e. The number of hydrogen-bond acceptors (Lipinski definition) is 4. The van der Waals surface area contributed by atoms with Gasteiger partial charge in [-0.25, -0.2) is 13.4 Å². The number of rotatable bonds is 6. The van der Waals surface area contributed by atoms with Gasteiger partial charge in [-0.15, -0.1) is 0 Å². The molecule has 1 aliphatic heterocycles. The van der Waals surface area contributed by atoms with Gasteiger partial charge in [0, 0.05) is 37.7 Å². The second kappa shape index (κ2) is 8.80. The van der Waals surface area contributed by atoms with Crippen molar-refractivity contribution in [1.82, 2.24) is 19.2 Å². The predicted octanol–water partition coefficient (Wildman–Crippen LogP) is 3.61. The Labute approximate surface area is 183 Å². The molecule has 0 saturated carbocycles. The van der Waals surface area contributed by atoms with Crippen LogP contribution in [0.1, 0.15) is 48.8 Å². The summed E-state index contributed by atoms with van der Waals surface area (Å²) in [6, 6.07) is 14.2. The minimum absolute atomic E-state index is 0.0763. The van der Waals surface area contributed by atoms with Crippen LogP contribution in [-0.2, 0) is 10.0 Å². The number of piperidine rings is 1. The van der Waals surface area contributed by atoms with Gasteiger partial charge in [0.05, 0.1) is 15.9 Å². The Hall–Kier alpha value is -2.71. The lowest BCUT2D eigenvalue weighted by Crippen LogP contribution is -2.39. The van der Waals surface area contributed by atoms with E-state index in [1.54, 1.807) is 12.1 Å². The van der Waals surface area contributed by atoms with Crippen LogP contribution in [0, 0.1) is 0 Å². The van der Waals surface area contributed by atoms with Gasteiger partial charge in [-0.05, 0) is 49.2 Å². The molecule has 7 nitrogen and oxygen atoms in total. The van der Waals surface area contributed by atoms with Gasteiger partial charge >= 0.3 is 0 Å². The molecule has 1 amide bonds. The minimum Gasteiger partial charge on any atom is -0.342 e. The first-order valence-electron chi connectivity index (χ1n) is 10.8. The zero-order chi connectivity index (χ0) is 22.0. The third-order valence-corrected chi connectivity index (χ3v) is 8.01. The Morgan fingerprint density at radius 3 is 2.52 bits per heavy atom. The van der Waals surface area contributed by atoms with Crippen LogP contribution in [0.3, 0.4) is 0 Å². The molecule has 1 fully saturated rings. The number of para-hydroxylation sites is 2. The molecular weight excluding hydrogens is 412 g/mol. The number of hydrogen-bond donors (Lipinski definition) is 1. The molecule has 1 saturated heterocycles. The van der Waals surface area contributed by atoms with Crippen LogP contribution in [0.25, 0.3) is 11.0 Å². The summed E-state index contributed by atoms with van der Waals surface area (Å²) in [4.78, 5) is 23.2. The van der Waals surface area contributed by atoms with E-state index in [1.807, 2.05) is 43.0 Å². The number of aromatic amines is 1. The monoisotopic (exact) mass is 440 g/mol. The number of carbonyl (C=O) groups excluding carboxylic acids is 1. The first-order valence-corrected chi connectivity index (χ1v) is 12.2. The number of nitrogens with one attached hydrogen (secondary N) is 1. The molecule has 3 aromatic rings. The van der Waals surface area contributed by atoms with E-state index >= 15 is 0 Å². The van der Waals surface area contributed by atoms with Crippen LogP contribution in [-0.4, -0.2) is 59.7 Å². The second-order valence-corrected chi connectivity index (χ2v) is 9.78. The van der Waals surface area contributed by atoms with Gasteiger partial charge in [0.1, 0.15) is 5.82 Å². The van der Waals surface area contributed by atoms with Crippen molar-refractivity contribution in [3.63, 3.8) is 0 Å². The molecule has 0 radical (unpaired) electrons. The average molecular weight is 441 g/mol. The number of H-pyrrole nitrogens is 1. The maximum atomic E-state index is 13.1. The van der Waals surface area contributed by atoms with Crippen LogP contribution >= 0.6 is 0 Å². The zero-order valence-electron chi connectivity index (χ0n) is 17.9. The molecule has 1 atom stereocenters. The fourth-order valence-electron chi connectivity index (χ4n) is 4.22. The summed E-state index contributed by atoms with van der Waals surface area (Å²) in [6.45, 7) is 5.74. The number of imidazole rings is 1. The van der Waals surface area contributed by atoms with Gasteiger partial charge in [0.25, 0.3) is 5.91 Å². The van der Waals surface area contributed by atoms with E-state index in [4.69, 9.17) is 4.98 Å². The molecule has 1 aliphatic rings. The highest BCUT2D eigenvalue weighted by molar-refractivity contribution is 7.89. The number of sulfonamides is 1. The molecule has 4 rings (SSSR count). The van der Waals surface area contributed by atoms with Crippen molar-refractivity contribution in [3.05, 3.63) is 59.9 Å². The van der Waals surface area contributed by atoms with Gasteiger partial charge < -0.3 is 9.88 Å². The average Bonchev–Trinajstić information content (AvgIpc) is 3.24. The lowest BCUT2D eigenvalue weighted by atomic mass is 9.96. The van der Waals surface area contributed by atoms with Crippen molar-refractivity contribution in [1.29, 1.82) is 0 Å². The number of benzene rings is 2. The third-order valence-electron chi connectivity index (χ3n) is 5.95. The van der Waals surface area contributed by atoms with Crippen LogP contribution in [0.2, 0.25) is 0 Å². The minimum atomic E-state index is -3.53. The van der Waals surface area contributed by atoms with Crippen LogP contribution in [0.4, 0.5) is 0 Å². The molecule has 2 heterocycles. The summed E-state index contributed by atoms with van der Waals surface area (Å²) >= 11 is 0. The summed E-state index contributed by atoms with van der Waals surface area (Å²) in [6.07, 6.45) is 1.88. The number of nitrogens with zero attached hydrogens (tertiary/aromatic N) is 3. The van der Waals surface area contributed by atoms with Crippen molar-refractivity contribution >= 4 is 27.0 Å². The topological polar surface area (TPSA) is 86.4 Å². The van der Waals surface area contributed by atoms with E-state index in [2.05, 4.69) is 4.98 Å². The van der Waals surface area contributed by atoms with E-state index in [0.717, 1.165) is 29.7 Å². The van der Waals surface area contributed by atoms with Crippen molar-refractivity contribution in [3.8, 4) is 0 Å². The number of likely N-dealkylation sites (tertiary alicyclic amines) is 1. The highest BCUT2D eigenvalue weighted by Crippen LogP contribution is 2.28. The van der Waals surface area contributed by atoms with Crippen molar-refractivity contribution < 1.29 is 13.2 Å². The van der Waals surface area contributed by atoms with E-state index in [9.17, 15) is 13.2 Å². The van der Waals surface area contributed by atoms with Crippen LogP contribution in [0.5, 0.6) is 0 Å². The van der Waals surface area contributed by atoms with Crippen LogP contribution in [0.15, 0.2) is 53.4 Å². The van der Waals surface area contributed by atoms with Gasteiger partial charge in [-0.3, -0.25) is 4.79 Å². The van der Waals surface area contributed by atoms with Crippen molar-refractivity contribution in [2.24, 2.45) is 0 Å². The van der Waals surface area contributed by atoms with Gasteiger partial charge in [-0.2, -0.15) is 4.31 Å². The summed E-state index contributed by atoms with van der Waals surface area (Å²) in [5, 5.41) is 0. The molecular formula is C23H28N4O3S. The fourth-order valence-corrected chi connectivity index (χ4v) is 5.67. The lowest BCUT2D eigenvalue weighted by Gasteiger charge is -2.32. The lowest BCUT2D eigenvalue weighted by molar-refractivity contribution is 0.0705. The smallest absolute Gasteiger partial charge is 0.253 e. The Morgan fingerprint density at radius 2 is 1.84 bits per heavy atom. The molecule has 1 N–H and O–H groups in total.